The van der Waals surface area contributed by atoms with Gasteiger partial charge in [-0.25, -0.2) is 4.52 Å². The maximum atomic E-state index is 11.7. The average Bonchev–Trinajstić information content (AvgIpc) is 3.21. The van der Waals surface area contributed by atoms with Gasteiger partial charge in [0.25, 0.3) is 5.91 Å². The molecule has 0 aromatic carbocycles. The number of piperidine rings is 1. The SMILES string of the molecule is C#CC(=O)N1CCC(c2ccc(-c3cc(OCC)cn4ncc(C#N)c34)cn2)CC1. The van der Waals surface area contributed by atoms with Gasteiger partial charge in [-0.1, -0.05) is 6.07 Å². The van der Waals surface area contributed by atoms with E-state index in [1.165, 1.54) is 0 Å². The topological polar surface area (TPSA) is 83.5 Å². The highest BCUT2D eigenvalue weighted by Gasteiger charge is 2.24. The van der Waals surface area contributed by atoms with E-state index in [4.69, 9.17) is 16.1 Å². The fraction of sp³-hybridized carbons (Fsp3) is 0.304. The second-order valence-electron chi connectivity index (χ2n) is 7.17. The molecule has 1 saturated heterocycles. The number of hydrogen-bond acceptors (Lipinski definition) is 5. The zero-order chi connectivity index (χ0) is 21.1. The molecule has 4 heterocycles. The molecule has 1 aliphatic heterocycles. The van der Waals surface area contributed by atoms with Crippen LogP contribution in [0.5, 0.6) is 5.75 Å². The molecule has 7 nitrogen and oxygen atoms in total. The van der Waals surface area contributed by atoms with Crippen molar-refractivity contribution in [1.29, 1.82) is 5.26 Å². The van der Waals surface area contributed by atoms with Gasteiger partial charge >= 0.3 is 0 Å². The molecule has 7 heteroatoms. The van der Waals surface area contributed by atoms with E-state index >= 15 is 0 Å². The lowest BCUT2D eigenvalue weighted by Crippen LogP contribution is -2.37. The van der Waals surface area contributed by atoms with Crippen molar-refractivity contribution in [2.45, 2.75) is 25.7 Å². The maximum absolute atomic E-state index is 11.7. The summed E-state index contributed by atoms with van der Waals surface area (Å²) in [5.74, 6) is 2.91. The van der Waals surface area contributed by atoms with Gasteiger partial charge in [-0.2, -0.15) is 10.4 Å². The van der Waals surface area contributed by atoms with Crippen molar-refractivity contribution in [3.63, 3.8) is 0 Å². The molecule has 150 valence electrons. The molecule has 1 amide bonds. The van der Waals surface area contributed by atoms with Crippen molar-refractivity contribution in [2.75, 3.05) is 19.7 Å². The van der Waals surface area contributed by atoms with Gasteiger partial charge in [0.1, 0.15) is 11.8 Å². The first-order valence-corrected chi connectivity index (χ1v) is 9.90. The average molecular weight is 399 g/mol. The minimum absolute atomic E-state index is 0.246. The predicted octanol–water partition coefficient (Wildman–Crippen LogP) is 3.01. The van der Waals surface area contributed by atoms with Gasteiger partial charge in [-0.3, -0.25) is 9.78 Å². The Hall–Kier alpha value is -3.84. The van der Waals surface area contributed by atoms with Gasteiger partial charge in [0.2, 0.25) is 0 Å². The van der Waals surface area contributed by atoms with Gasteiger partial charge in [-0.05, 0) is 37.8 Å². The number of nitrogens with zero attached hydrogens (tertiary/aromatic N) is 5. The number of carbonyl (C=O) groups is 1. The summed E-state index contributed by atoms with van der Waals surface area (Å²) in [5.41, 5.74) is 3.97. The Labute approximate surface area is 174 Å². The molecule has 0 unspecified atom stereocenters. The summed E-state index contributed by atoms with van der Waals surface area (Å²) >= 11 is 0. The van der Waals surface area contributed by atoms with Crippen molar-refractivity contribution in [1.82, 2.24) is 19.5 Å². The van der Waals surface area contributed by atoms with Gasteiger partial charge in [0, 0.05) is 42.0 Å². The Morgan fingerprint density at radius 1 is 1.33 bits per heavy atom. The smallest absolute Gasteiger partial charge is 0.298 e. The number of likely N-dealkylation sites (tertiary alicyclic amines) is 1. The lowest BCUT2D eigenvalue weighted by Gasteiger charge is -2.30. The molecule has 0 atom stereocenters. The summed E-state index contributed by atoms with van der Waals surface area (Å²) in [6.45, 7) is 3.76. The van der Waals surface area contributed by atoms with Crippen LogP contribution in [-0.2, 0) is 4.79 Å². The molecular formula is C23H21N5O2. The lowest BCUT2D eigenvalue weighted by molar-refractivity contribution is -0.126. The predicted molar refractivity (Wildman–Crippen MR) is 112 cm³/mol. The second-order valence-corrected chi connectivity index (χ2v) is 7.17. The minimum Gasteiger partial charge on any atom is -0.492 e. The van der Waals surface area contributed by atoms with Crippen molar-refractivity contribution in [3.05, 3.63) is 48.0 Å². The Bertz CT molecular complexity index is 1160. The van der Waals surface area contributed by atoms with Crippen molar-refractivity contribution in [3.8, 4) is 35.3 Å². The van der Waals surface area contributed by atoms with Crippen molar-refractivity contribution >= 4 is 11.4 Å². The van der Waals surface area contributed by atoms with Gasteiger partial charge < -0.3 is 9.64 Å². The highest BCUT2D eigenvalue weighted by atomic mass is 16.5. The van der Waals surface area contributed by atoms with Crippen LogP contribution < -0.4 is 4.74 Å². The molecule has 30 heavy (non-hydrogen) atoms. The van der Waals surface area contributed by atoms with Crippen LogP contribution in [-0.4, -0.2) is 45.1 Å². The number of hydrogen-bond donors (Lipinski definition) is 0. The second kappa shape index (κ2) is 8.26. The van der Waals surface area contributed by atoms with Crippen molar-refractivity contribution < 1.29 is 9.53 Å². The molecule has 3 aromatic heterocycles. The summed E-state index contributed by atoms with van der Waals surface area (Å²) in [7, 11) is 0. The Morgan fingerprint density at radius 3 is 2.77 bits per heavy atom. The monoisotopic (exact) mass is 399 g/mol. The summed E-state index contributed by atoms with van der Waals surface area (Å²) in [5, 5.41) is 13.8. The van der Waals surface area contributed by atoms with Crippen LogP contribution in [0.1, 0.15) is 36.9 Å². The largest absolute Gasteiger partial charge is 0.492 e. The summed E-state index contributed by atoms with van der Waals surface area (Å²) in [6.07, 6.45) is 12.0. The number of pyridine rings is 2. The van der Waals surface area contributed by atoms with E-state index < -0.39 is 0 Å². The van der Waals surface area contributed by atoms with E-state index in [1.54, 1.807) is 21.8 Å². The van der Waals surface area contributed by atoms with Crippen LogP contribution in [0.25, 0.3) is 16.6 Å². The van der Waals surface area contributed by atoms with Crippen LogP contribution in [0.4, 0.5) is 0 Å². The first-order valence-electron chi connectivity index (χ1n) is 9.90. The van der Waals surface area contributed by atoms with E-state index in [0.29, 0.717) is 36.9 Å². The molecule has 4 rings (SSSR count). The van der Waals surface area contributed by atoms with Crippen LogP contribution in [0.3, 0.4) is 0 Å². The fourth-order valence-electron chi connectivity index (χ4n) is 3.92. The number of ether oxygens (including phenoxy) is 1. The summed E-state index contributed by atoms with van der Waals surface area (Å²) < 4.78 is 7.34. The third-order valence-electron chi connectivity index (χ3n) is 5.44. The van der Waals surface area contributed by atoms with Crippen LogP contribution in [0, 0.1) is 23.7 Å². The van der Waals surface area contributed by atoms with E-state index in [0.717, 1.165) is 35.2 Å². The molecular weight excluding hydrogens is 378 g/mol. The number of rotatable bonds is 4. The minimum atomic E-state index is -0.246. The highest BCUT2D eigenvalue weighted by Crippen LogP contribution is 2.32. The molecule has 0 saturated carbocycles. The Kier molecular flexibility index (Phi) is 5.36. The Morgan fingerprint density at radius 2 is 2.13 bits per heavy atom. The van der Waals surface area contributed by atoms with E-state index in [1.807, 2.05) is 31.3 Å². The van der Waals surface area contributed by atoms with E-state index in [2.05, 4.69) is 17.1 Å². The molecule has 3 aromatic rings. The summed E-state index contributed by atoms with van der Waals surface area (Å²) in [4.78, 5) is 18.1. The third-order valence-corrected chi connectivity index (χ3v) is 5.44. The standard InChI is InChI=1S/C23H21N5O2/c1-3-22(29)27-9-7-16(8-10-27)21-6-5-17(13-25-21)20-11-19(30-4-2)15-28-23(20)18(12-24)14-26-28/h1,5-6,11,13-16H,4,7-10H2,2H3. The number of amides is 1. The molecule has 0 bridgehead atoms. The number of nitriles is 1. The third kappa shape index (κ3) is 3.58. The first kappa shape index (κ1) is 19.5. The number of terminal acetylenes is 1. The van der Waals surface area contributed by atoms with Crippen molar-refractivity contribution in [2.24, 2.45) is 0 Å². The number of carbonyl (C=O) groups excluding carboxylic acids is 1. The highest BCUT2D eigenvalue weighted by molar-refractivity contribution is 5.93. The molecule has 1 aliphatic rings. The lowest BCUT2D eigenvalue weighted by atomic mass is 9.92. The van der Waals surface area contributed by atoms with Crippen LogP contribution in [0.2, 0.25) is 0 Å². The normalized spacial score (nSPS) is 14.3. The van der Waals surface area contributed by atoms with Gasteiger partial charge in [0.15, 0.2) is 0 Å². The van der Waals surface area contributed by atoms with Gasteiger partial charge in [0.05, 0.1) is 30.1 Å². The zero-order valence-electron chi connectivity index (χ0n) is 16.7. The number of fused-ring (bicyclic) bond motifs is 1. The first-order chi connectivity index (χ1) is 14.6. The molecule has 0 N–H and O–H groups in total. The van der Waals surface area contributed by atoms with Gasteiger partial charge in [-0.15, -0.1) is 6.42 Å². The quantitative estimate of drug-likeness (QED) is 0.630. The Balaban J connectivity index is 1.63. The van der Waals surface area contributed by atoms with E-state index in [-0.39, 0.29) is 5.91 Å². The maximum Gasteiger partial charge on any atom is 0.298 e. The fourth-order valence-corrected chi connectivity index (χ4v) is 3.92. The van der Waals surface area contributed by atoms with E-state index in [9.17, 15) is 10.1 Å². The molecule has 0 aliphatic carbocycles. The summed E-state index contributed by atoms with van der Waals surface area (Å²) in [6, 6.07) is 8.15. The zero-order valence-corrected chi connectivity index (χ0v) is 16.7. The molecule has 1 fully saturated rings. The molecule has 0 radical (unpaired) electrons. The van der Waals surface area contributed by atoms with Crippen LogP contribution >= 0.6 is 0 Å². The number of aromatic nitrogens is 3. The van der Waals surface area contributed by atoms with Crippen LogP contribution in [0.15, 0.2) is 36.8 Å². The molecule has 0 spiro atoms.